The molecule has 1 aromatic rings. The van der Waals surface area contributed by atoms with Gasteiger partial charge in [-0.05, 0) is 59.7 Å². The first-order chi connectivity index (χ1) is 8.08. The second-order valence-corrected chi connectivity index (χ2v) is 6.43. The van der Waals surface area contributed by atoms with Crippen LogP contribution >= 0.6 is 39.1 Å². The van der Waals surface area contributed by atoms with Crippen LogP contribution in [0, 0.1) is 5.92 Å². The van der Waals surface area contributed by atoms with Crippen molar-refractivity contribution in [1.29, 1.82) is 0 Å². The fraction of sp³-hybridized carbons (Fsp3) is 0.538. The van der Waals surface area contributed by atoms with Crippen molar-refractivity contribution in [2.45, 2.75) is 38.6 Å². The second-order valence-electron chi connectivity index (χ2n) is 4.82. The monoisotopic (exact) mass is 335 g/mol. The minimum absolute atomic E-state index is 0.529. The summed E-state index contributed by atoms with van der Waals surface area (Å²) < 4.78 is 0.840. The van der Waals surface area contributed by atoms with Crippen LogP contribution in [0.25, 0.3) is 0 Å². The molecule has 0 atom stereocenters. The molecule has 1 fully saturated rings. The van der Waals surface area contributed by atoms with Crippen LogP contribution in [0.1, 0.15) is 32.6 Å². The van der Waals surface area contributed by atoms with Crippen LogP contribution < -0.4 is 5.32 Å². The van der Waals surface area contributed by atoms with Crippen LogP contribution in [-0.4, -0.2) is 6.04 Å². The molecule has 0 amide bonds. The molecule has 0 spiro atoms. The van der Waals surface area contributed by atoms with E-state index in [-0.39, 0.29) is 0 Å². The number of halogens is 3. The third-order valence-electron chi connectivity index (χ3n) is 3.41. The lowest BCUT2D eigenvalue weighted by Gasteiger charge is -2.28. The number of hydrogen-bond donors (Lipinski definition) is 1. The topological polar surface area (TPSA) is 12.0 Å². The fourth-order valence-corrected chi connectivity index (χ4v) is 3.09. The Morgan fingerprint density at radius 3 is 2.41 bits per heavy atom. The lowest BCUT2D eigenvalue weighted by molar-refractivity contribution is 0.361. The molecule has 0 unspecified atom stereocenters. The minimum Gasteiger partial charge on any atom is -0.381 e. The van der Waals surface area contributed by atoms with E-state index in [2.05, 4.69) is 28.2 Å². The molecule has 1 aliphatic carbocycles. The third kappa shape index (κ3) is 3.30. The van der Waals surface area contributed by atoms with E-state index >= 15 is 0 Å². The predicted molar refractivity (Wildman–Crippen MR) is 79.2 cm³/mol. The first-order valence-corrected chi connectivity index (χ1v) is 7.53. The predicted octanol–water partition coefficient (Wildman–Crippen LogP) is 5.75. The van der Waals surface area contributed by atoms with E-state index in [1.165, 1.54) is 25.7 Å². The van der Waals surface area contributed by atoms with Gasteiger partial charge in [0, 0.05) is 10.5 Å². The summed E-state index contributed by atoms with van der Waals surface area (Å²) in [4.78, 5) is 0. The van der Waals surface area contributed by atoms with Gasteiger partial charge in [0.05, 0.1) is 15.7 Å². The molecular weight excluding hydrogens is 321 g/mol. The SMILES string of the molecule is CC1CCC(Nc2ccc(Br)c(Cl)c2Cl)CC1. The van der Waals surface area contributed by atoms with E-state index in [0.29, 0.717) is 16.1 Å². The fourth-order valence-electron chi connectivity index (χ4n) is 2.26. The van der Waals surface area contributed by atoms with Crippen molar-refractivity contribution in [3.8, 4) is 0 Å². The van der Waals surface area contributed by atoms with E-state index in [0.717, 1.165) is 16.1 Å². The van der Waals surface area contributed by atoms with Gasteiger partial charge >= 0.3 is 0 Å². The number of benzene rings is 1. The van der Waals surface area contributed by atoms with Crippen LogP contribution in [0.2, 0.25) is 10.0 Å². The Bertz CT molecular complexity index is 401. The zero-order chi connectivity index (χ0) is 12.4. The molecule has 0 radical (unpaired) electrons. The van der Waals surface area contributed by atoms with Gasteiger partial charge in [-0.15, -0.1) is 0 Å². The summed E-state index contributed by atoms with van der Waals surface area (Å²) in [6.45, 7) is 2.32. The van der Waals surface area contributed by atoms with Crippen molar-refractivity contribution in [1.82, 2.24) is 0 Å². The molecular formula is C13H16BrCl2N. The summed E-state index contributed by atoms with van der Waals surface area (Å²) in [5.74, 6) is 0.858. The summed E-state index contributed by atoms with van der Waals surface area (Å²) in [5.41, 5.74) is 0.944. The van der Waals surface area contributed by atoms with Crippen LogP contribution in [0.4, 0.5) is 5.69 Å². The average molecular weight is 337 g/mol. The quantitative estimate of drug-likeness (QED) is 0.678. The Kier molecular flexibility index (Phi) is 4.62. The van der Waals surface area contributed by atoms with E-state index in [9.17, 15) is 0 Å². The van der Waals surface area contributed by atoms with Crippen molar-refractivity contribution in [2.75, 3.05) is 5.32 Å². The van der Waals surface area contributed by atoms with Gasteiger partial charge in [0.1, 0.15) is 0 Å². The molecule has 17 heavy (non-hydrogen) atoms. The second kappa shape index (κ2) is 5.81. The van der Waals surface area contributed by atoms with Crippen LogP contribution in [-0.2, 0) is 0 Å². The highest BCUT2D eigenvalue weighted by Crippen LogP contribution is 2.37. The maximum atomic E-state index is 6.22. The van der Waals surface area contributed by atoms with E-state index in [1.54, 1.807) is 0 Å². The Morgan fingerprint density at radius 1 is 1.12 bits per heavy atom. The Labute approximate surface area is 121 Å². The number of nitrogens with one attached hydrogen (secondary N) is 1. The van der Waals surface area contributed by atoms with Gasteiger partial charge in [-0.2, -0.15) is 0 Å². The zero-order valence-electron chi connectivity index (χ0n) is 9.77. The molecule has 0 heterocycles. The van der Waals surface area contributed by atoms with E-state index in [4.69, 9.17) is 23.2 Å². The molecule has 1 N–H and O–H groups in total. The lowest BCUT2D eigenvalue weighted by Crippen LogP contribution is -2.25. The Morgan fingerprint density at radius 2 is 1.76 bits per heavy atom. The van der Waals surface area contributed by atoms with Crippen LogP contribution in [0.15, 0.2) is 16.6 Å². The number of anilines is 1. The Hall–Kier alpha value is 0.0800. The molecule has 0 bridgehead atoms. The highest BCUT2D eigenvalue weighted by atomic mass is 79.9. The van der Waals surface area contributed by atoms with Gasteiger partial charge in [-0.25, -0.2) is 0 Å². The number of hydrogen-bond acceptors (Lipinski definition) is 1. The summed E-state index contributed by atoms with van der Waals surface area (Å²) in [7, 11) is 0. The highest BCUT2D eigenvalue weighted by molar-refractivity contribution is 9.10. The normalized spacial score (nSPS) is 24.7. The van der Waals surface area contributed by atoms with Crippen molar-refractivity contribution in [3.05, 3.63) is 26.7 Å². The molecule has 1 aromatic carbocycles. The van der Waals surface area contributed by atoms with Crippen LogP contribution in [0.3, 0.4) is 0 Å². The third-order valence-corrected chi connectivity index (χ3v) is 5.18. The smallest absolute Gasteiger partial charge is 0.0835 e. The standard InChI is InChI=1S/C13H16BrCl2N/c1-8-2-4-9(5-3-8)17-11-7-6-10(14)12(15)13(11)16/h6-9,17H,2-5H2,1H3. The average Bonchev–Trinajstić information content (AvgIpc) is 2.33. The van der Waals surface area contributed by atoms with Gasteiger partial charge in [-0.3, -0.25) is 0 Å². The molecule has 0 aromatic heterocycles. The summed E-state index contributed by atoms with van der Waals surface area (Å²) in [6, 6.07) is 4.44. The van der Waals surface area contributed by atoms with Crippen molar-refractivity contribution in [3.63, 3.8) is 0 Å². The molecule has 1 aliphatic rings. The first-order valence-electron chi connectivity index (χ1n) is 5.98. The molecule has 94 valence electrons. The number of rotatable bonds is 2. The largest absolute Gasteiger partial charge is 0.381 e. The maximum Gasteiger partial charge on any atom is 0.0835 e. The van der Waals surface area contributed by atoms with Crippen molar-refractivity contribution >= 4 is 44.8 Å². The molecule has 1 nitrogen and oxygen atoms in total. The van der Waals surface area contributed by atoms with Crippen LogP contribution in [0.5, 0.6) is 0 Å². The summed E-state index contributed by atoms with van der Waals surface area (Å²) in [5, 5.41) is 4.70. The van der Waals surface area contributed by atoms with Gasteiger partial charge < -0.3 is 5.32 Å². The van der Waals surface area contributed by atoms with Crippen molar-refractivity contribution in [2.24, 2.45) is 5.92 Å². The lowest BCUT2D eigenvalue weighted by atomic mass is 9.87. The molecule has 2 rings (SSSR count). The molecule has 1 saturated carbocycles. The highest BCUT2D eigenvalue weighted by Gasteiger charge is 2.19. The van der Waals surface area contributed by atoms with Crippen molar-refractivity contribution < 1.29 is 0 Å². The van der Waals surface area contributed by atoms with Gasteiger partial charge in [0.15, 0.2) is 0 Å². The maximum absolute atomic E-state index is 6.22. The Balaban J connectivity index is 2.06. The summed E-state index contributed by atoms with van der Waals surface area (Å²) >= 11 is 15.7. The first kappa shape index (κ1) is 13.5. The van der Waals surface area contributed by atoms with Gasteiger partial charge in [-0.1, -0.05) is 30.1 Å². The molecule has 0 aliphatic heterocycles. The molecule has 4 heteroatoms. The zero-order valence-corrected chi connectivity index (χ0v) is 12.9. The molecule has 0 saturated heterocycles. The van der Waals surface area contributed by atoms with E-state index in [1.807, 2.05) is 12.1 Å². The minimum atomic E-state index is 0.529. The van der Waals surface area contributed by atoms with Gasteiger partial charge in [0.25, 0.3) is 0 Å². The van der Waals surface area contributed by atoms with E-state index < -0.39 is 0 Å². The van der Waals surface area contributed by atoms with Gasteiger partial charge in [0.2, 0.25) is 0 Å². The summed E-state index contributed by atoms with van der Waals surface area (Å²) in [6.07, 6.45) is 5.01.